The van der Waals surface area contributed by atoms with E-state index in [1.54, 1.807) is 4.90 Å². The lowest BCUT2D eigenvalue weighted by molar-refractivity contribution is -0.134. The summed E-state index contributed by atoms with van der Waals surface area (Å²) in [7, 11) is 0. The zero-order valence-corrected chi connectivity index (χ0v) is 11.0. The minimum atomic E-state index is -0.612. The molecule has 2 fully saturated rings. The Kier molecular flexibility index (Phi) is 3.01. The number of nitrogens with zero attached hydrogens (tertiary/aromatic N) is 1. The number of piperidine rings is 1. The molecular formula is C12H20N2O4. The highest BCUT2D eigenvalue weighted by Crippen LogP contribution is 2.31. The molecule has 2 amide bonds. The summed E-state index contributed by atoms with van der Waals surface area (Å²) in [4.78, 5) is 24.7. The van der Waals surface area contributed by atoms with E-state index in [-0.39, 0.29) is 18.4 Å². The van der Waals surface area contributed by atoms with E-state index in [1.807, 2.05) is 20.8 Å². The number of hydrogen-bond donors (Lipinski definition) is 2. The van der Waals surface area contributed by atoms with Crippen molar-refractivity contribution >= 4 is 12.0 Å². The molecule has 1 unspecified atom stereocenters. The van der Waals surface area contributed by atoms with E-state index in [9.17, 15) is 14.7 Å². The normalized spacial score (nSPS) is 26.6. The standard InChI is InChI=1S/C12H20N2O4/c1-11(2,3)18-10(17)14-6-12(7-14)5-8(15)4-9(16)13-12/h8,15H,4-7H2,1-3H3,(H,13,16). The summed E-state index contributed by atoms with van der Waals surface area (Å²) in [5, 5.41) is 12.5. The van der Waals surface area contributed by atoms with Gasteiger partial charge >= 0.3 is 6.09 Å². The lowest BCUT2D eigenvalue weighted by Crippen LogP contribution is -2.74. The third-order valence-electron chi connectivity index (χ3n) is 3.09. The average molecular weight is 256 g/mol. The molecule has 2 saturated heterocycles. The van der Waals surface area contributed by atoms with Gasteiger partial charge in [0.25, 0.3) is 0 Å². The van der Waals surface area contributed by atoms with Crippen molar-refractivity contribution < 1.29 is 19.4 Å². The van der Waals surface area contributed by atoms with Crippen molar-refractivity contribution in [2.45, 2.75) is 50.9 Å². The Labute approximate surface area is 106 Å². The first-order valence-electron chi connectivity index (χ1n) is 6.16. The number of likely N-dealkylation sites (tertiary alicyclic amines) is 1. The van der Waals surface area contributed by atoms with Gasteiger partial charge in [-0.25, -0.2) is 4.79 Å². The Morgan fingerprint density at radius 3 is 2.61 bits per heavy atom. The Morgan fingerprint density at radius 2 is 2.11 bits per heavy atom. The molecule has 2 aliphatic rings. The van der Waals surface area contributed by atoms with Crippen LogP contribution < -0.4 is 5.32 Å². The molecule has 1 atom stereocenters. The van der Waals surface area contributed by atoms with Gasteiger partial charge in [-0.3, -0.25) is 4.79 Å². The van der Waals surface area contributed by atoms with Crippen molar-refractivity contribution in [1.82, 2.24) is 10.2 Å². The average Bonchev–Trinajstić information content (AvgIpc) is 2.08. The van der Waals surface area contributed by atoms with Crippen molar-refractivity contribution in [3.63, 3.8) is 0 Å². The minimum Gasteiger partial charge on any atom is -0.444 e. The van der Waals surface area contributed by atoms with Gasteiger partial charge in [0.05, 0.1) is 18.1 Å². The number of carbonyl (C=O) groups is 2. The van der Waals surface area contributed by atoms with Crippen LogP contribution >= 0.6 is 0 Å². The van der Waals surface area contributed by atoms with Crippen LogP contribution in [0.3, 0.4) is 0 Å². The quantitative estimate of drug-likeness (QED) is 0.651. The van der Waals surface area contributed by atoms with Gasteiger partial charge in [-0.1, -0.05) is 0 Å². The molecule has 2 heterocycles. The highest BCUT2D eigenvalue weighted by molar-refractivity contribution is 5.79. The molecule has 18 heavy (non-hydrogen) atoms. The molecule has 6 nitrogen and oxygen atoms in total. The van der Waals surface area contributed by atoms with Gasteiger partial charge < -0.3 is 20.1 Å². The lowest BCUT2D eigenvalue weighted by Gasteiger charge is -2.52. The molecule has 6 heteroatoms. The number of ether oxygens (including phenoxy) is 1. The molecule has 2 aliphatic heterocycles. The zero-order valence-electron chi connectivity index (χ0n) is 11.0. The Balaban J connectivity index is 1.89. The van der Waals surface area contributed by atoms with Gasteiger partial charge in [0, 0.05) is 19.5 Å². The maximum absolute atomic E-state index is 11.8. The van der Waals surface area contributed by atoms with Crippen LogP contribution in [0.25, 0.3) is 0 Å². The van der Waals surface area contributed by atoms with E-state index in [1.165, 1.54) is 0 Å². The van der Waals surface area contributed by atoms with Crippen LogP contribution in [0, 0.1) is 0 Å². The molecule has 0 aromatic heterocycles. The summed E-state index contributed by atoms with van der Waals surface area (Å²) in [5.41, 5.74) is -0.971. The number of rotatable bonds is 0. The van der Waals surface area contributed by atoms with Crippen LogP contribution in [0.4, 0.5) is 4.79 Å². The SMILES string of the molecule is CC(C)(C)OC(=O)N1CC2(CC(O)CC(=O)N2)C1. The third-order valence-corrected chi connectivity index (χ3v) is 3.09. The number of nitrogens with one attached hydrogen (secondary N) is 1. The topological polar surface area (TPSA) is 78.9 Å². The van der Waals surface area contributed by atoms with E-state index in [4.69, 9.17) is 4.74 Å². The van der Waals surface area contributed by atoms with Crippen molar-refractivity contribution in [2.75, 3.05) is 13.1 Å². The van der Waals surface area contributed by atoms with Crippen LogP contribution in [-0.2, 0) is 9.53 Å². The van der Waals surface area contributed by atoms with Gasteiger partial charge in [-0.15, -0.1) is 0 Å². The number of carbonyl (C=O) groups excluding carboxylic acids is 2. The Bertz CT molecular complexity index is 369. The summed E-state index contributed by atoms with van der Waals surface area (Å²) >= 11 is 0. The minimum absolute atomic E-state index is 0.147. The highest BCUT2D eigenvalue weighted by atomic mass is 16.6. The first-order chi connectivity index (χ1) is 8.19. The van der Waals surface area contributed by atoms with Gasteiger partial charge in [0.15, 0.2) is 0 Å². The van der Waals surface area contributed by atoms with Crippen molar-refractivity contribution in [2.24, 2.45) is 0 Å². The summed E-state index contributed by atoms with van der Waals surface area (Å²) in [5.74, 6) is -0.155. The van der Waals surface area contributed by atoms with Crippen molar-refractivity contribution in [3.8, 4) is 0 Å². The fourth-order valence-electron chi connectivity index (χ4n) is 2.48. The van der Waals surface area contributed by atoms with Gasteiger partial charge in [0.1, 0.15) is 5.60 Å². The smallest absolute Gasteiger partial charge is 0.410 e. The molecule has 0 bridgehead atoms. The molecule has 0 aromatic carbocycles. The molecule has 1 spiro atoms. The van der Waals surface area contributed by atoms with Gasteiger partial charge in [0.2, 0.25) is 5.91 Å². The largest absolute Gasteiger partial charge is 0.444 e. The number of aliphatic hydroxyl groups is 1. The van der Waals surface area contributed by atoms with Crippen LogP contribution in [-0.4, -0.2) is 52.3 Å². The predicted octanol–water partition coefficient (Wildman–Crippen LogP) is 0.247. The van der Waals surface area contributed by atoms with Gasteiger partial charge in [-0.05, 0) is 20.8 Å². The maximum atomic E-state index is 11.8. The fraction of sp³-hybridized carbons (Fsp3) is 0.833. The Hall–Kier alpha value is -1.30. The first-order valence-corrected chi connectivity index (χ1v) is 6.16. The monoisotopic (exact) mass is 256 g/mol. The summed E-state index contributed by atoms with van der Waals surface area (Å²) in [6.07, 6.45) is -0.339. The maximum Gasteiger partial charge on any atom is 0.410 e. The van der Waals surface area contributed by atoms with Crippen molar-refractivity contribution in [3.05, 3.63) is 0 Å². The van der Waals surface area contributed by atoms with Crippen LogP contribution in [0.15, 0.2) is 0 Å². The molecule has 0 aromatic rings. The lowest BCUT2D eigenvalue weighted by atomic mass is 9.80. The molecule has 102 valence electrons. The summed E-state index contributed by atoms with van der Waals surface area (Å²) in [6.45, 7) is 6.25. The van der Waals surface area contributed by atoms with Crippen LogP contribution in [0.2, 0.25) is 0 Å². The molecule has 2 N–H and O–H groups in total. The van der Waals surface area contributed by atoms with E-state index >= 15 is 0 Å². The number of amides is 2. The van der Waals surface area contributed by atoms with E-state index in [2.05, 4.69) is 5.32 Å². The van der Waals surface area contributed by atoms with Crippen molar-refractivity contribution in [1.29, 1.82) is 0 Å². The second kappa shape index (κ2) is 4.12. The molecule has 0 aliphatic carbocycles. The predicted molar refractivity (Wildman–Crippen MR) is 63.9 cm³/mol. The number of hydrogen-bond acceptors (Lipinski definition) is 4. The molecule has 0 radical (unpaired) electrons. The zero-order chi connectivity index (χ0) is 13.6. The first kappa shape index (κ1) is 13.1. The third kappa shape index (κ3) is 2.75. The van der Waals surface area contributed by atoms with Crippen LogP contribution in [0.1, 0.15) is 33.6 Å². The van der Waals surface area contributed by atoms with E-state index in [0.29, 0.717) is 19.5 Å². The molecular weight excluding hydrogens is 236 g/mol. The van der Waals surface area contributed by atoms with E-state index < -0.39 is 17.2 Å². The number of aliphatic hydroxyl groups excluding tert-OH is 1. The second-order valence-electron chi connectivity index (χ2n) is 6.23. The van der Waals surface area contributed by atoms with Crippen LogP contribution in [0.5, 0.6) is 0 Å². The second-order valence-corrected chi connectivity index (χ2v) is 6.23. The highest BCUT2D eigenvalue weighted by Gasteiger charge is 2.50. The fourth-order valence-corrected chi connectivity index (χ4v) is 2.48. The van der Waals surface area contributed by atoms with E-state index in [0.717, 1.165) is 0 Å². The van der Waals surface area contributed by atoms with Gasteiger partial charge in [-0.2, -0.15) is 0 Å². The molecule has 0 saturated carbocycles. The Morgan fingerprint density at radius 1 is 1.50 bits per heavy atom. The summed E-state index contributed by atoms with van der Waals surface area (Å²) < 4.78 is 5.24. The molecule has 2 rings (SSSR count). The summed E-state index contributed by atoms with van der Waals surface area (Å²) in [6, 6.07) is 0.